The highest BCUT2D eigenvalue weighted by Gasteiger charge is 2.24. The molecule has 3 aromatic rings. The van der Waals surface area contributed by atoms with E-state index < -0.39 is 10.0 Å². The fraction of sp³-hybridized carbons (Fsp3) is 0.200. The summed E-state index contributed by atoms with van der Waals surface area (Å²) in [5.41, 5.74) is 0. The summed E-state index contributed by atoms with van der Waals surface area (Å²) in [4.78, 5) is 8.67. The number of sulfonamides is 1. The molecule has 0 atom stereocenters. The standard InChI is InChI=1S/C10H9ClN4O2S3/c11-8-9(15-4-6-19-10(15)14-8)20(16,17)13-2-1-7-12-3-5-18-7/h3-6,13H,1-2H2. The molecule has 0 aromatic carbocycles. The van der Waals surface area contributed by atoms with Gasteiger partial charge in [-0.05, 0) is 0 Å². The van der Waals surface area contributed by atoms with E-state index in [4.69, 9.17) is 11.6 Å². The van der Waals surface area contributed by atoms with Crippen molar-refractivity contribution >= 4 is 49.3 Å². The smallest absolute Gasteiger partial charge is 0.259 e. The van der Waals surface area contributed by atoms with Crippen molar-refractivity contribution in [1.82, 2.24) is 19.1 Å². The quantitative estimate of drug-likeness (QED) is 0.765. The molecule has 3 heterocycles. The highest BCUT2D eigenvalue weighted by molar-refractivity contribution is 7.89. The van der Waals surface area contributed by atoms with Crippen LogP contribution in [0.2, 0.25) is 5.15 Å². The minimum absolute atomic E-state index is 0.0152. The third-order valence-electron chi connectivity index (χ3n) is 2.55. The molecule has 0 aliphatic rings. The van der Waals surface area contributed by atoms with Crippen molar-refractivity contribution in [1.29, 1.82) is 0 Å². The molecule has 0 fully saturated rings. The molecule has 106 valence electrons. The summed E-state index contributed by atoms with van der Waals surface area (Å²) in [5.74, 6) is 0. The Morgan fingerprint density at radius 1 is 1.35 bits per heavy atom. The second kappa shape index (κ2) is 5.41. The second-order valence-corrected chi connectivity index (χ2v) is 7.73. The molecule has 0 unspecified atom stereocenters. The SMILES string of the molecule is O=S(=O)(NCCc1nccs1)c1c(Cl)nc2sccn12. The van der Waals surface area contributed by atoms with Gasteiger partial charge in [0.05, 0.1) is 5.01 Å². The predicted octanol–water partition coefficient (Wildman–Crippen LogP) is 2.03. The number of halogens is 1. The molecular weight excluding hydrogens is 340 g/mol. The lowest BCUT2D eigenvalue weighted by molar-refractivity contribution is 0.577. The van der Waals surface area contributed by atoms with Crippen LogP contribution in [0.3, 0.4) is 0 Å². The number of hydrogen-bond acceptors (Lipinski definition) is 6. The van der Waals surface area contributed by atoms with Crippen LogP contribution in [0, 0.1) is 0 Å². The van der Waals surface area contributed by atoms with E-state index in [1.807, 2.05) is 5.38 Å². The summed E-state index contributed by atoms with van der Waals surface area (Å²) in [6, 6.07) is 0. The van der Waals surface area contributed by atoms with Gasteiger partial charge in [0.2, 0.25) is 0 Å². The molecule has 6 nitrogen and oxygen atoms in total. The Morgan fingerprint density at radius 2 is 2.20 bits per heavy atom. The number of thiazole rings is 2. The molecule has 0 spiro atoms. The first-order valence-electron chi connectivity index (χ1n) is 5.57. The van der Waals surface area contributed by atoms with Crippen LogP contribution in [0.25, 0.3) is 4.96 Å². The Labute approximate surface area is 128 Å². The van der Waals surface area contributed by atoms with Gasteiger partial charge in [-0.3, -0.25) is 4.40 Å². The lowest BCUT2D eigenvalue weighted by atomic mass is 10.5. The summed E-state index contributed by atoms with van der Waals surface area (Å²) >= 11 is 8.73. The van der Waals surface area contributed by atoms with E-state index in [0.29, 0.717) is 11.4 Å². The molecule has 0 aliphatic heterocycles. The van der Waals surface area contributed by atoms with Crippen LogP contribution in [0.15, 0.2) is 28.2 Å². The molecule has 0 saturated carbocycles. The van der Waals surface area contributed by atoms with E-state index in [-0.39, 0.29) is 16.7 Å². The summed E-state index contributed by atoms with van der Waals surface area (Å²) in [7, 11) is -3.70. The maximum atomic E-state index is 12.3. The minimum Gasteiger partial charge on any atom is -0.279 e. The molecule has 0 amide bonds. The highest BCUT2D eigenvalue weighted by atomic mass is 35.5. The number of nitrogens with one attached hydrogen (secondary N) is 1. The van der Waals surface area contributed by atoms with Crippen molar-refractivity contribution in [3.05, 3.63) is 33.3 Å². The normalized spacial score (nSPS) is 12.2. The van der Waals surface area contributed by atoms with Crippen LogP contribution in [-0.4, -0.2) is 29.3 Å². The maximum Gasteiger partial charge on any atom is 0.259 e. The second-order valence-electron chi connectivity index (χ2n) is 3.84. The highest BCUT2D eigenvalue weighted by Crippen LogP contribution is 2.25. The fourth-order valence-corrected chi connectivity index (χ4v) is 4.82. The maximum absolute atomic E-state index is 12.3. The number of fused-ring (bicyclic) bond motifs is 1. The van der Waals surface area contributed by atoms with Crippen LogP contribution in [0.4, 0.5) is 0 Å². The fourth-order valence-electron chi connectivity index (χ4n) is 1.72. The summed E-state index contributed by atoms with van der Waals surface area (Å²) in [6.45, 7) is 0.267. The zero-order chi connectivity index (χ0) is 14.2. The lowest BCUT2D eigenvalue weighted by Gasteiger charge is -2.05. The van der Waals surface area contributed by atoms with Crippen LogP contribution >= 0.6 is 34.3 Å². The summed E-state index contributed by atoms with van der Waals surface area (Å²) in [5, 5.41) is 4.46. The largest absolute Gasteiger partial charge is 0.279 e. The van der Waals surface area contributed by atoms with Crippen molar-refractivity contribution in [3.63, 3.8) is 0 Å². The summed E-state index contributed by atoms with van der Waals surface area (Å²) in [6.07, 6.45) is 3.87. The Bertz CT molecular complexity index is 822. The third-order valence-corrected chi connectivity index (χ3v) is 6.00. The van der Waals surface area contributed by atoms with Gasteiger partial charge in [-0.1, -0.05) is 11.6 Å². The molecule has 3 rings (SSSR count). The van der Waals surface area contributed by atoms with Gasteiger partial charge in [0.15, 0.2) is 15.1 Å². The van der Waals surface area contributed by atoms with E-state index in [2.05, 4.69) is 14.7 Å². The average Bonchev–Trinajstić information content (AvgIpc) is 3.04. The van der Waals surface area contributed by atoms with Crippen molar-refractivity contribution in [2.75, 3.05) is 6.54 Å². The van der Waals surface area contributed by atoms with Gasteiger partial charge in [-0.15, -0.1) is 22.7 Å². The molecular formula is C10H9ClN4O2S3. The predicted molar refractivity (Wildman–Crippen MR) is 79.1 cm³/mol. The molecule has 0 saturated heterocycles. The van der Waals surface area contributed by atoms with Crippen molar-refractivity contribution in [2.45, 2.75) is 11.4 Å². The van der Waals surface area contributed by atoms with Crippen molar-refractivity contribution in [2.24, 2.45) is 0 Å². The Kier molecular flexibility index (Phi) is 3.78. The van der Waals surface area contributed by atoms with Crippen molar-refractivity contribution < 1.29 is 8.42 Å². The van der Waals surface area contributed by atoms with Crippen LogP contribution in [0.5, 0.6) is 0 Å². The first-order chi connectivity index (χ1) is 9.58. The molecule has 0 aliphatic carbocycles. The first kappa shape index (κ1) is 14.0. The van der Waals surface area contributed by atoms with Crippen LogP contribution < -0.4 is 4.72 Å². The topological polar surface area (TPSA) is 76.4 Å². The van der Waals surface area contributed by atoms with Gasteiger partial charge in [-0.25, -0.2) is 23.1 Å². The monoisotopic (exact) mass is 348 g/mol. The van der Waals surface area contributed by atoms with Crippen LogP contribution in [0.1, 0.15) is 5.01 Å². The van der Waals surface area contributed by atoms with E-state index in [0.717, 1.165) is 5.01 Å². The number of rotatable bonds is 5. The van der Waals surface area contributed by atoms with Gasteiger partial charge in [0.25, 0.3) is 10.0 Å². The number of imidazole rings is 1. The van der Waals surface area contributed by atoms with Gasteiger partial charge in [0, 0.05) is 36.1 Å². The van der Waals surface area contributed by atoms with Gasteiger partial charge in [-0.2, -0.15) is 0 Å². The van der Waals surface area contributed by atoms with Crippen molar-refractivity contribution in [3.8, 4) is 0 Å². The molecule has 20 heavy (non-hydrogen) atoms. The van der Waals surface area contributed by atoms with Crippen LogP contribution in [-0.2, 0) is 16.4 Å². The molecule has 0 bridgehead atoms. The van der Waals surface area contributed by atoms with Gasteiger partial charge >= 0.3 is 0 Å². The zero-order valence-corrected chi connectivity index (χ0v) is 13.2. The third kappa shape index (κ3) is 2.59. The molecule has 10 heteroatoms. The molecule has 0 radical (unpaired) electrons. The van der Waals surface area contributed by atoms with E-state index >= 15 is 0 Å². The Hall–Kier alpha value is -1.00. The van der Waals surface area contributed by atoms with Gasteiger partial charge < -0.3 is 0 Å². The minimum atomic E-state index is -3.70. The molecule has 1 N–H and O–H groups in total. The number of nitrogens with zero attached hydrogens (tertiary/aromatic N) is 3. The number of aromatic nitrogens is 3. The number of hydrogen-bond donors (Lipinski definition) is 1. The Balaban J connectivity index is 1.81. The zero-order valence-electron chi connectivity index (χ0n) is 9.98. The van der Waals surface area contributed by atoms with E-state index in [9.17, 15) is 8.42 Å². The molecule has 3 aromatic heterocycles. The van der Waals surface area contributed by atoms with E-state index in [1.54, 1.807) is 17.8 Å². The average molecular weight is 349 g/mol. The van der Waals surface area contributed by atoms with Gasteiger partial charge in [0.1, 0.15) is 0 Å². The van der Waals surface area contributed by atoms with E-state index in [1.165, 1.54) is 27.1 Å². The lowest BCUT2D eigenvalue weighted by Crippen LogP contribution is -2.27. The first-order valence-corrected chi connectivity index (χ1v) is 9.19. The Morgan fingerprint density at radius 3 is 2.95 bits per heavy atom. The summed E-state index contributed by atoms with van der Waals surface area (Å²) < 4.78 is 28.6.